The lowest BCUT2D eigenvalue weighted by Gasteiger charge is -2.01. The number of furan rings is 1. The smallest absolute Gasteiger partial charge is 0.308 e. The predicted octanol–water partition coefficient (Wildman–Crippen LogP) is 5.77. The first-order valence-corrected chi connectivity index (χ1v) is 9.52. The molecule has 0 aliphatic carbocycles. The molecule has 4 aromatic rings. The molecule has 0 radical (unpaired) electrons. The Morgan fingerprint density at radius 2 is 1.97 bits per heavy atom. The first-order chi connectivity index (χ1) is 14.4. The molecule has 30 heavy (non-hydrogen) atoms. The molecule has 2 aromatic heterocycles. The highest BCUT2D eigenvalue weighted by Gasteiger charge is 2.17. The molecule has 0 spiro atoms. The van der Waals surface area contributed by atoms with Gasteiger partial charge in [-0.05, 0) is 52.3 Å². The number of carboxylic acids is 1. The average Bonchev–Trinajstić information content (AvgIpc) is 3.33. The number of nitrogens with zero attached hydrogens (tertiary/aromatic N) is 2. The first-order valence-electron chi connectivity index (χ1n) is 8.73. The molecule has 2 aromatic carbocycles. The minimum Gasteiger partial charge on any atom is -0.481 e. The Kier molecular flexibility index (Phi) is 5.20. The molecule has 0 saturated heterocycles. The van der Waals surface area contributed by atoms with Gasteiger partial charge in [-0.2, -0.15) is 0 Å². The number of benzene rings is 2. The van der Waals surface area contributed by atoms with E-state index in [0.29, 0.717) is 38.2 Å². The zero-order chi connectivity index (χ0) is 21.3. The van der Waals surface area contributed by atoms with Crippen molar-refractivity contribution in [2.45, 2.75) is 6.42 Å². The summed E-state index contributed by atoms with van der Waals surface area (Å²) in [6.45, 7) is 0. The molecule has 0 aliphatic rings. The van der Waals surface area contributed by atoms with Crippen LogP contribution in [0.15, 0.2) is 67.9 Å². The van der Waals surface area contributed by atoms with Gasteiger partial charge in [0.15, 0.2) is 5.58 Å². The van der Waals surface area contributed by atoms with Crippen molar-refractivity contribution >= 4 is 50.3 Å². The molecule has 0 amide bonds. The molecular formula is C21H13BrN2O6. The third-order valence-electron chi connectivity index (χ3n) is 4.28. The molecule has 0 fully saturated rings. The second-order valence-electron chi connectivity index (χ2n) is 6.35. The Bertz CT molecular complexity index is 1270. The quantitative estimate of drug-likeness (QED) is 0.281. The fourth-order valence-corrected chi connectivity index (χ4v) is 3.49. The van der Waals surface area contributed by atoms with Gasteiger partial charge < -0.3 is 13.9 Å². The SMILES string of the molecule is O=C(O)C/C(=C\c1ccc(-c2ccc([N+](=O)[O-])cc2Br)o1)c1nc2ccccc2o1. The van der Waals surface area contributed by atoms with E-state index < -0.39 is 10.9 Å². The molecular weight excluding hydrogens is 456 g/mol. The Morgan fingerprint density at radius 1 is 1.17 bits per heavy atom. The van der Waals surface area contributed by atoms with Gasteiger partial charge in [0.1, 0.15) is 17.0 Å². The number of rotatable bonds is 6. The molecule has 8 nitrogen and oxygen atoms in total. The zero-order valence-electron chi connectivity index (χ0n) is 15.2. The molecule has 0 atom stereocenters. The summed E-state index contributed by atoms with van der Waals surface area (Å²) in [5.41, 5.74) is 2.11. The van der Waals surface area contributed by atoms with Crippen LogP contribution in [0.1, 0.15) is 18.1 Å². The van der Waals surface area contributed by atoms with E-state index in [-0.39, 0.29) is 18.0 Å². The summed E-state index contributed by atoms with van der Waals surface area (Å²) in [7, 11) is 0. The number of halogens is 1. The highest BCUT2D eigenvalue weighted by atomic mass is 79.9. The summed E-state index contributed by atoms with van der Waals surface area (Å²) in [5, 5.41) is 20.2. The molecule has 0 unspecified atom stereocenters. The summed E-state index contributed by atoms with van der Waals surface area (Å²) >= 11 is 3.32. The maximum atomic E-state index is 11.3. The van der Waals surface area contributed by atoms with E-state index >= 15 is 0 Å². The Morgan fingerprint density at radius 3 is 2.67 bits per heavy atom. The summed E-state index contributed by atoms with van der Waals surface area (Å²) in [6.07, 6.45) is 1.26. The molecule has 0 saturated carbocycles. The van der Waals surface area contributed by atoms with Gasteiger partial charge >= 0.3 is 5.97 Å². The van der Waals surface area contributed by atoms with Crippen molar-refractivity contribution in [2.75, 3.05) is 0 Å². The number of non-ortho nitro benzene ring substituents is 1. The molecule has 2 heterocycles. The van der Waals surface area contributed by atoms with E-state index in [2.05, 4.69) is 20.9 Å². The minimum atomic E-state index is -1.03. The van der Waals surface area contributed by atoms with Crippen LogP contribution in [-0.4, -0.2) is 21.0 Å². The standard InChI is InChI=1S/C21H13BrN2O6/c22-16-11-13(24(27)28)5-7-15(16)18-8-6-14(29-18)9-12(10-20(25)26)21-23-17-3-1-2-4-19(17)30-21/h1-9,11H,10H2,(H,25,26)/b12-9+. The van der Waals surface area contributed by atoms with E-state index in [4.69, 9.17) is 8.83 Å². The number of carbonyl (C=O) groups is 1. The maximum Gasteiger partial charge on any atom is 0.308 e. The lowest BCUT2D eigenvalue weighted by atomic mass is 10.1. The lowest BCUT2D eigenvalue weighted by Crippen LogP contribution is -1.97. The molecule has 4 rings (SSSR count). The number of nitro benzene ring substituents is 1. The van der Waals surface area contributed by atoms with Crippen molar-refractivity contribution in [2.24, 2.45) is 0 Å². The molecule has 0 aliphatic heterocycles. The number of para-hydroxylation sites is 2. The second kappa shape index (κ2) is 7.96. The van der Waals surface area contributed by atoms with Crippen LogP contribution < -0.4 is 0 Å². The molecule has 9 heteroatoms. The summed E-state index contributed by atoms with van der Waals surface area (Å²) in [4.78, 5) is 26.1. The number of hydrogen-bond acceptors (Lipinski definition) is 6. The number of fused-ring (bicyclic) bond motifs is 1. The normalized spacial score (nSPS) is 11.7. The Hall–Kier alpha value is -3.72. The average molecular weight is 469 g/mol. The van der Waals surface area contributed by atoms with Crippen LogP contribution in [0, 0.1) is 10.1 Å². The number of oxazole rings is 1. The van der Waals surface area contributed by atoms with Gasteiger partial charge in [0.25, 0.3) is 5.69 Å². The lowest BCUT2D eigenvalue weighted by molar-refractivity contribution is -0.384. The summed E-state index contributed by atoms with van der Waals surface area (Å²) < 4.78 is 12.0. The van der Waals surface area contributed by atoms with E-state index in [1.165, 1.54) is 12.1 Å². The van der Waals surface area contributed by atoms with Crippen LogP contribution in [0.5, 0.6) is 0 Å². The van der Waals surface area contributed by atoms with Gasteiger partial charge in [0.2, 0.25) is 5.89 Å². The molecule has 0 bridgehead atoms. The summed E-state index contributed by atoms with van der Waals surface area (Å²) in [5.74, 6) is 0.0329. The van der Waals surface area contributed by atoms with Crippen LogP contribution in [-0.2, 0) is 4.79 Å². The fraction of sp³-hybridized carbons (Fsp3) is 0.0476. The van der Waals surface area contributed by atoms with E-state index in [9.17, 15) is 20.0 Å². The van der Waals surface area contributed by atoms with Crippen molar-refractivity contribution in [1.29, 1.82) is 0 Å². The van der Waals surface area contributed by atoms with Crippen molar-refractivity contribution in [1.82, 2.24) is 4.98 Å². The third kappa shape index (κ3) is 4.01. The van der Waals surface area contributed by atoms with Crippen molar-refractivity contribution in [3.05, 3.63) is 80.8 Å². The van der Waals surface area contributed by atoms with Crippen LogP contribution in [0.4, 0.5) is 5.69 Å². The molecule has 150 valence electrons. The topological polar surface area (TPSA) is 120 Å². The second-order valence-corrected chi connectivity index (χ2v) is 7.20. The maximum absolute atomic E-state index is 11.3. The highest BCUT2D eigenvalue weighted by Crippen LogP contribution is 2.34. The Balaban J connectivity index is 1.71. The van der Waals surface area contributed by atoms with E-state index in [0.717, 1.165) is 0 Å². The van der Waals surface area contributed by atoms with Crippen molar-refractivity contribution in [3.8, 4) is 11.3 Å². The predicted molar refractivity (Wildman–Crippen MR) is 113 cm³/mol. The van der Waals surface area contributed by atoms with Gasteiger partial charge in [-0.3, -0.25) is 14.9 Å². The highest BCUT2D eigenvalue weighted by molar-refractivity contribution is 9.10. The van der Waals surface area contributed by atoms with Gasteiger partial charge in [0, 0.05) is 27.7 Å². The van der Waals surface area contributed by atoms with E-state index in [1.54, 1.807) is 42.5 Å². The number of nitro groups is 1. The van der Waals surface area contributed by atoms with Gasteiger partial charge in [-0.1, -0.05) is 12.1 Å². The Labute approximate surface area is 177 Å². The zero-order valence-corrected chi connectivity index (χ0v) is 16.8. The monoisotopic (exact) mass is 468 g/mol. The molecule has 1 N–H and O–H groups in total. The van der Waals surface area contributed by atoms with Crippen LogP contribution >= 0.6 is 15.9 Å². The van der Waals surface area contributed by atoms with Crippen molar-refractivity contribution in [3.63, 3.8) is 0 Å². The number of hydrogen-bond donors (Lipinski definition) is 1. The third-order valence-corrected chi connectivity index (χ3v) is 4.94. The van der Waals surface area contributed by atoms with Gasteiger partial charge in [-0.25, -0.2) is 4.98 Å². The van der Waals surface area contributed by atoms with Crippen molar-refractivity contribution < 1.29 is 23.7 Å². The van der Waals surface area contributed by atoms with Gasteiger partial charge in [-0.15, -0.1) is 0 Å². The first kappa shape index (κ1) is 19.6. The minimum absolute atomic E-state index is 0.0444. The van der Waals surface area contributed by atoms with E-state index in [1.807, 2.05) is 6.07 Å². The summed E-state index contributed by atoms with van der Waals surface area (Å²) in [6, 6.07) is 14.9. The fourth-order valence-electron chi connectivity index (χ4n) is 2.93. The van der Waals surface area contributed by atoms with Crippen LogP contribution in [0.2, 0.25) is 0 Å². The van der Waals surface area contributed by atoms with Crippen LogP contribution in [0.25, 0.3) is 34.1 Å². The van der Waals surface area contributed by atoms with Crippen LogP contribution in [0.3, 0.4) is 0 Å². The largest absolute Gasteiger partial charge is 0.481 e. The number of carboxylic acid groups (broad SMARTS) is 1. The number of aromatic nitrogens is 1. The van der Waals surface area contributed by atoms with Gasteiger partial charge in [0.05, 0.1) is 11.3 Å². The number of aliphatic carboxylic acids is 1.